The van der Waals surface area contributed by atoms with Crippen LogP contribution in [0.3, 0.4) is 0 Å². The summed E-state index contributed by atoms with van der Waals surface area (Å²) in [5, 5.41) is 7.34. The van der Waals surface area contributed by atoms with Gasteiger partial charge in [-0.3, -0.25) is 9.36 Å². The fourth-order valence-corrected chi connectivity index (χ4v) is 1.34. The lowest BCUT2D eigenvalue weighted by atomic mass is 10.4. The number of nitrogens with zero attached hydrogens (tertiary/aromatic N) is 4. The fraction of sp³-hybridized carbons (Fsp3) is 0.333. The quantitative estimate of drug-likeness (QED) is 0.888. The highest BCUT2D eigenvalue weighted by atomic mass is 19.4. The van der Waals surface area contributed by atoms with E-state index in [1.807, 2.05) is 0 Å². The minimum absolute atomic E-state index is 0.303. The van der Waals surface area contributed by atoms with Crippen LogP contribution in [0.1, 0.15) is 5.69 Å². The van der Waals surface area contributed by atoms with Crippen molar-refractivity contribution in [3.63, 3.8) is 0 Å². The first-order valence-corrected chi connectivity index (χ1v) is 4.85. The molecule has 0 unspecified atom stereocenters. The molecule has 0 fully saturated rings. The minimum atomic E-state index is -4.40. The lowest BCUT2D eigenvalue weighted by molar-refractivity contribution is -0.141. The van der Waals surface area contributed by atoms with Gasteiger partial charge in [-0.25, -0.2) is 0 Å². The van der Waals surface area contributed by atoms with Crippen molar-refractivity contribution < 1.29 is 13.2 Å². The number of aryl methyl sites for hydroxylation is 2. The molecule has 2 heterocycles. The van der Waals surface area contributed by atoms with Gasteiger partial charge in [-0.2, -0.15) is 23.4 Å². The van der Waals surface area contributed by atoms with E-state index in [2.05, 4.69) is 10.2 Å². The third kappa shape index (κ3) is 2.77. The summed E-state index contributed by atoms with van der Waals surface area (Å²) in [7, 11) is 0. The molecule has 0 saturated carbocycles. The standard InChI is InChI=1S/C9H10F3N5/c10-9(11,12)7-1-3-16(14-7)5-6-17-4-2-8(13)15-17/h1-4H,5-6H2,(H2,13,15). The topological polar surface area (TPSA) is 61.7 Å². The molecule has 0 aliphatic carbocycles. The maximum atomic E-state index is 12.3. The van der Waals surface area contributed by atoms with Crippen LogP contribution in [0.15, 0.2) is 24.5 Å². The minimum Gasteiger partial charge on any atom is -0.382 e. The Morgan fingerprint density at radius 3 is 2.12 bits per heavy atom. The molecule has 92 valence electrons. The zero-order valence-electron chi connectivity index (χ0n) is 8.72. The van der Waals surface area contributed by atoms with Crippen molar-refractivity contribution in [2.45, 2.75) is 19.3 Å². The third-order valence-corrected chi connectivity index (χ3v) is 2.15. The van der Waals surface area contributed by atoms with Crippen LogP contribution in [0.5, 0.6) is 0 Å². The van der Waals surface area contributed by atoms with E-state index < -0.39 is 11.9 Å². The van der Waals surface area contributed by atoms with Crippen molar-refractivity contribution in [1.29, 1.82) is 0 Å². The highest BCUT2D eigenvalue weighted by molar-refractivity contribution is 5.23. The van der Waals surface area contributed by atoms with Crippen LogP contribution in [0.4, 0.5) is 19.0 Å². The summed E-state index contributed by atoms with van der Waals surface area (Å²) in [5.41, 5.74) is 4.51. The number of hydrogen-bond acceptors (Lipinski definition) is 3. The average Bonchev–Trinajstić information content (AvgIpc) is 2.82. The van der Waals surface area contributed by atoms with E-state index in [4.69, 9.17) is 5.73 Å². The first kappa shape index (κ1) is 11.5. The second kappa shape index (κ2) is 4.11. The Balaban J connectivity index is 1.98. The highest BCUT2D eigenvalue weighted by Gasteiger charge is 2.33. The number of aromatic nitrogens is 4. The number of rotatable bonds is 3. The average molecular weight is 245 g/mol. The van der Waals surface area contributed by atoms with Gasteiger partial charge in [0, 0.05) is 12.4 Å². The first-order chi connectivity index (χ1) is 7.95. The molecule has 5 nitrogen and oxygen atoms in total. The number of alkyl halides is 3. The molecule has 0 amide bonds. The molecule has 0 bridgehead atoms. The lowest BCUT2D eigenvalue weighted by Gasteiger charge is -2.03. The molecule has 2 N–H and O–H groups in total. The second-order valence-electron chi connectivity index (χ2n) is 3.47. The van der Waals surface area contributed by atoms with E-state index in [1.54, 1.807) is 16.9 Å². The van der Waals surface area contributed by atoms with Gasteiger partial charge in [0.2, 0.25) is 0 Å². The Kier molecular flexibility index (Phi) is 2.78. The van der Waals surface area contributed by atoms with Gasteiger partial charge >= 0.3 is 6.18 Å². The number of nitrogens with two attached hydrogens (primary N) is 1. The Labute approximate surface area is 94.6 Å². The second-order valence-corrected chi connectivity index (χ2v) is 3.47. The molecule has 0 aromatic carbocycles. The summed E-state index contributed by atoms with van der Waals surface area (Å²) >= 11 is 0. The van der Waals surface area contributed by atoms with Crippen LogP contribution < -0.4 is 5.73 Å². The molecule has 0 aliphatic heterocycles. The number of halogens is 3. The van der Waals surface area contributed by atoms with E-state index in [1.165, 1.54) is 10.9 Å². The summed E-state index contributed by atoms with van der Waals surface area (Å²) in [6.45, 7) is 0.716. The third-order valence-electron chi connectivity index (χ3n) is 2.15. The molecule has 0 spiro atoms. The van der Waals surface area contributed by atoms with Crippen LogP contribution in [-0.2, 0) is 19.3 Å². The summed E-state index contributed by atoms with van der Waals surface area (Å²) in [6.07, 6.45) is -1.46. The van der Waals surface area contributed by atoms with E-state index in [0.29, 0.717) is 18.9 Å². The summed E-state index contributed by atoms with van der Waals surface area (Å²) in [5.74, 6) is 0.376. The van der Waals surface area contributed by atoms with Crippen molar-refractivity contribution in [2.24, 2.45) is 0 Å². The van der Waals surface area contributed by atoms with Gasteiger partial charge in [-0.1, -0.05) is 0 Å². The Hall–Kier alpha value is -1.99. The van der Waals surface area contributed by atoms with Gasteiger partial charge in [0.1, 0.15) is 5.82 Å². The molecule has 2 rings (SSSR count). The van der Waals surface area contributed by atoms with E-state index >= 15 is 0 Å². The smallest absolute Gasteiger partial charge is 0.382 e. The molecule has 0 radical (unpaired) electrons. The molecule has 0 atom stereocenters. The van der Waals surface area contributed by atoms with Crippen LogP contribution >= 0.6 is 0 Å². The van der Waals surface area contributed by atoms with Crippen LogP contribution in [0.25, 0.3) is 0 Å². The van der Waals surface area contributed by atoms with Crippen molar-refractivity contribution in [1.82, 2.24) is 19.6 Å². The van der Waals surface area contributed by atoms with Crippen LogP contribution in [-0.4, -0.2) is 19.6 Å². The molecule has 0 saturated heterocycles. The largest absolute Gasteiger partial charge is 0.435 e. The lowest BCUT2D eigenvalue weighted by Crippen LogP contribution is -2.11. The number of nitrogen functional groups attached to an aromatic ring is 1. The van der Waals surface area contributed by atoms with Crippen LogP contribution in [0.2, 0.25) is 0 Å². The SMILES string of the molecule is Nc1ccn(CCn2ccc(C(F)(F)F)n2)n1. The van der Waals surface area contributed by atoms with Gasteiger partial charge < -0.3 is 5.73 Å². The monoisotopic (exact) mass is 245 g/mol. The fourth-order valence-electron chi connectivity index (χ4n) is 1.34. The first-order valence-electron chi connectivity index (χ1n) is 4.85. The van der Waals surface area contributed by atoms with E-state index in [-0.39, 0.29) is 0 Å². The number of hydrogen-bond donors (Lipinski definition) is 1. The van der Waals surface area contributed by atoms with Gasteiger partial charge in [0.05, 0.1) is 13.1 Å². The molecule has 2 aromatic rings. The number of anilines is 1. The molecule has 17 heavy (non-hydrogen) atoms. The molecule has 2 aromatic heterocycles. The molecular formula is C9H10F3N5. The predicted molar refractivity (Wildman–Crippen MR) is 53.9 cm³/mol. The van der Waals surface area contributed by atoms with E-state index in [9.17, 15) is 13.2 Å². The predicted octanol–water partition coefficient (Wildman–Crippen LogP) is 1.38. The van der Waals surface area contributed by atoms with Gasteiger partial charge in [0.25, 0.3) is 0 Å². The van der Waals surface area contributed by atoms with Gasteiger partial charge in [-0.15, -0.1) is 0 Å². The molecular weight excluding hydrogens is 235 g/mol. The van der Waals surface area contributed by atoms with Gasteiger partial charge in [-0.05, 0) is 12.1 Å². The maximum absolute atomic E-state index is 12.3. The van der Waals surface area contributed by atoms with Crippen LogP contribution in [0, 0.1) is 0 Å². The van der Waals surface area contributed by atoms with E-state index in [0.717, 1.165) is 6.07 Å². The highest BCUT2D eigenvalue weighted by Crippen LogP contribution is 2.27. The Bertz CT molecular complexity index is 499. The molecule has 0 aliphatic rings. The Morgan fingerprint density at radius 2 is 1.65 bits per heavy atom. The molecule has 8 heteroatoms. The zero-order chi connectivity index (χ0) is 12.5. The van der Waals surface area contributed by atoms with Crippen molar-refractivity contribution in [3.05, 3.63) is 30.2 Å². The van der Waals surface area contributed by atoms with Gasteiger partial charge in [0.15, 0.2) is 5.69 Å². The van der Waals surface area contributed by atoms with Crippen molar-refractivity contribution >= 4 is 5.82 Å². The Morgan fingerprint density at radius 1 is 1.06 bits per heavy atom. The summed E-state index contributed by atoms with van der Waals surface area (Å²) in [4.78, 5) is 0. The van der Waals surface area contributed by atoms with Crippen molar-refractivity contribution in [3.8, 4) is 0 Å². The summed E-state index contributed by atoms with van der Waals surface area (Å²) in [6, 6.07) is 2.56. The van der Waals surface area contributed by atoms with Crippen molar-refractivity contribution in [2.75, 3.05) is 5.73 Å². The maximum Gasteiger partial charge on any atom is 0.435 e. The normalized spacial score (nSPS) is 11.9. The zero-order valence-corrected chi connectivity index (χ0v) is 8.72. The summed E-state index contributed by atoms with van der Waals surface area (Å²) < 4.78 is 39.5.